The molecule has 0 aliphatic heterocycles. The van der Waals surface area contributed by atoms with Gasteiger partial charge in [-0.25, -0.2) is 4.98 Å². The molecule has 1 aromatic rings. The molecule has 1 aromatic heterocycles. The molecule has 0 fully saturated rings. The first kappa shape index (κ1) is 12.8. The van der Waals surface area contributed by atoms with Crippen LogP contribution in [0.4, 0.5) is 0 Å². The van der Waals surface area contributed by atoms with Gasteiger partial charge in [-0.15, -0.1) is 12.3 Å². The van der Waals surface area contributed by atoms with Gasteiger partial charge in [0.25, 0.3) is 0 Å². The van der Waals surface area contributed by atoms with Crippen molar-refractivity contribution in [1.29, 1.82) is 0 Å². The Hall–Kier alpha value is -1.27. The van der Waals surface area contributed by atoms with Crippen LogP contribution in [0.25, 0.3) is 0 Å². The Morgan fingerprint density at radius 2 is 2.19 bits per heavy atom. The van der Waals surface area contributed by atoms with E-state index in [9.17, 15) is 0 Å². The molecule has 0 unspecified atom stereocenters. The average molecular weight is 239 g/mol. The van der Waals surface area contributed by atoms with Gasteiger partial charge >= 0.3 is 0 Å². The molecule has 0 bridgehead atoms. The lowest BCUT2D eigenvalue weighted by molar-refractivity contribution is 0.310. The molecule has 0 atom stereocenters. The third-order valence-electron chi connectivity index (χ3n) is 2.05. The second-order valence-electron chi connectivity index (χ2n) is 3.41. The highest BCUT2D eigenvalue weighted by molar-refractivity contribution is 6.30. The van der Waals surface area contributed by atoms with E-state index in [0.29, 0.717) is 29.9 Å². The molecule has 1 rings (SSSR count). The summed E-state index contributed by atoms with van der Waals surface area (Å²) in [5.41, 5.74) is 0.763. The monoisotopic (exact) mass is 238 g/mol. The Morgan fingerprint density at radius 1 is 1.44 bits per heavy atom. The van der Waals surface area contributed by atoms with Crippen molar-refractivity contribution in [2.24, 2.45) is 0 Å². The van der Waals surface area contributed by atoms with Gasteiger partial charge in [0.1, 0.15) is 17.6 Å². The Morgan fingerprint density at radius 3 is 2.81 bits per heavy atom. The first-order chi connectivity index (χ1) is 7.69. The van der Waals surface area contributed by atoms with E-state index < -0.39 is 0 Å². The second-order valence-corrected chi connectivity index (χ2v) is 3.77. The van der Waals surface area contributed by atoms with E-state index in [2.05, 4.69) is 22.8 Å². The van der Waals surface area contributed by atoms with Crippen LogP contribution in [0.3, 0.4) is 0 Å². The number of ether oxygens (including phenoxy) is 1. The molecule has 0 saturated carbocycles. The fraction of sp³-hybridized carbons (Fsp3) is 0.500. The van der Waals surface area contributed by atoms with Crippen molar-refractivity contribution < 1.29 is 4.74 Å². The Labute approximate surface area is 101 Å². The van der Waals surface area contributed by atoms with E-state index in [1.807, 2.05) is 6.92 Å². The van der Waals surface area contributed by atoms with Gasteiger partial charge in [-0.05, 0) is 13.3 Å². The standard InChI is InChI=1S/C12H15ClN2O/c1-4-6-8-16-12-9(3)11(13)14-10(15-12)7-5-2/h1H,5-8H2,2-3H3. The van der Waals surface area contributed by atoms with Crippen LogP contribution in [0, 0.1) is 19.3 Å². The highest BCUT2D eigenvalue weighted by Gasteiger charge is 2.09. The summed E-state index contributed by atoms with van der Waals surface area (Å²) in [6, 6.07) is 0. The van der Waals surface area contributed by atoms with E-state index in [4.69, 9.17) is 22.8 Å². The van der Waals surface area contributed by atoms with Gasteiger partial charge in [0.15, 0.2) is 0 Å². The van der Waals surface area contributed by atoms with E-state index in [1.54, 1.807) is 0 Å². The lowest BCUT2D eigenvalue weighted by atomic mass is 10.3. The third-order valence-corrected chi connectivity index (χ3v) is 2.41. The molecule has 0 radical (unpaired) electrons. The Bertz CT molecular complexity index is 399. The minimum atomic E-state index is 0.453. The highest BCUT2D eigenvalue weighted by Crippen LogP contribution is 2.22. The van der Waals surface area contributed by atoms with Crippen LogP contribution in [-0.4, -0.2) is 16.6 Å². The van der Waals surface area contributed by atoms with Crippen LogP contribution in [0.5, 0.6) is 5.88 Å². The SMILES string of the molecule is C#CCCOc1nc(CCC)nc(Cl)c1C. The van der Waals surface area contributed by atoms with E-state index >= 15 is 0 Å². The fourth-order valence-corrected chi connectivity index (χ4v) is 1.37. The number of aryl methyl sites for hydroxylation is 1. The van der Waals surface area contributed by atoms with Crippen LogP contribution in [0.2, 0.25) is 5.15 Å². The summed E-state index contributed by atoms with van der Waals surface area (Å²) in [4.78, 5) is 8.49. The lowest BCUT2D eigenvalue weighted by Crippen LogP contribution is -2.05. The molecule has 16 heavy (non-hydrogen) atoms. The average Bonchev–Trinajstić information content (AvgIpc) is 2.25. The summed E-state index contributed by atoms with van der Waals surface area (Å²) < 4.78 is 5.47. The van der Waals surface area contributed by atoms with Crippen molar-refractivity contribution in [3.8, 4) is 18.2 Å². The first-order valence-corrected chi connectivity index (χ1v) is 5.66. The molecule has 0 spiro atoms. The van der Waals surface area contributed by atoms with Crippen LogP contribution >= 0.6 is 11.6 Å². The van der Waals surface area contributed by atoms with Gasteiger partial charge in [-0.1, -0.05) is 18.5 Å². The van der Waals surface area contributed by atoms with Crippen molar-refractivity contribution in [2.45, 2.75) is 33.1 Å². The fourth-order valence-electron chi connectivity index (χ4n) is 1.19. The predicted octanol–water partition coefficient (Wildman–Crippen LogP) is 2.79. The number of aromatic nitrogens is 2. The summed E-state index contributed by atoms with van der Waals surface area (Å²) in [5.74, 6) is 3.77. The molecule has 0 amide bonds. The summed E-state index contributed by atoms with van der Waals surface area (Å²) in [6.07, 6.45) is 7.48. The molecule has 0 aromatic carbocycles. The highest BCUT2D eigenvalue weighted by atomic mass is 35.5. The minimum absolute atomic E-state index is 0.453. The number of hydrogen-bond acceptors (Lipinski definition) is 3. The van der Waals surface area contributed by atoms with Crippen molar-refractivity contribution >= 4 is 11.6 Å². The predicted molar refractivity (Wildman–Crippen MR) is 64.7 cm³/mol. The van der Waals surface area contributed by atoms with Gasteiger partial charge in [0.05, 0.1) is 0 Å². The summed E-state index contributed by atoms with van der Waals surface area (Å²) in [7, 11) is 0. The van der Waals surface area contributed by atoms with E-state index in [1.165, 1.54) is 0 Å². The number of terminal acetylenes is 1. The van der Waals surface area contributed by atoms with Crippen LogP contribution in [0.1, 0.15) is 31.2 Å². The van der Waals surface area contributed by atoms with Crippen LogP contribution < -0.4 is 4.74 Å². The second kappa shape index (κ2) is 6.34. The topological polar surface area (TPSA) is 35.0 Å². The Balaban J connectivity index is 2.84. The maximum absolute atomic E-state index is 6.00. The molecular weight excluding hydrogens is 224 g/mol. The lowest BCUT2D eigenvalue weighted by Gasteiger charge is -2.09. The smallest absolute Gasteiger partial charge is 0.221 e. The van der Waals surface area contributed by atoms with Crippen LogP contribution in [-0.2, 0) is 6.42 Å². The van der Waals surface area contributed by atoms with Gasteiger partial charge in [-0.2, -0.15) is 4.98 Å². The molecule has 86 valence electrons. The zero-order valence-corrected chi connectivity index (χ0v) is 10.3. The third kappa shape index (κ3) is 3.39. The van der Waals surface area contributed by atoms with Crippen molar-refractivity contribution in [2.75, 3.05) is 6.61 Å². The normalized spacial score (nSPS) is 9.88. The van der Waals surface area contributed by atoms with Crippen molar-refractivity contribution in [1.82, 2.24) is 9.97 Å². The first-order valence-electron chi connectivity index (χ1n) is 5.28. The zero-order chi connectivity index (χ0) is 12.0. The largest absolute Gasteiger partial charge is 0.476 e. The molecular formula is C12H15ClN2O. The molecule has 0 aliphatic carbocycles. The maximum atomic E-state index is 6.00. The van der Waals surface area contributed by atoms with Gasteiger partial charge < -0.3 is 4.74 Å². The molecule has 3 nitrogen and oxygen atoms in total. The summed E-state index contributed by atoms with van der Waals surface area (Å²) in [5, 5.41) is 0.453. The summed E-state index contributed by atoms with van der Waals surface area (Å²) >= 11 is 6.00. The van der Waals surface area contributed by atoms with E-state index in [0.717, 1.165) is 18.4 Å². The van der Waals surface area contributed by atoms with Crippen LogP contribution in [0.15, 0.2) is 0 Å². The maximum Gasteiger partial charge on any atom is 0.221 e. The molecule has 0 N–H and O–H groups in total. The minimum Gasteiger partial charge on any atom is -0.476 e. The molecule has 0 saturated heterocycles. The summed E-state index contributed by atoms with van der Waals surface area (Å²) in [6.45, 7) is 4.36. The van der Waals surface area contributed by atoms with Crippen molar-refractivity contribution in [3.05, 3.63) is 16.5 Å². The van der Waals surface area contributed by atoms with Gasteiger partial charge in [0, 0.05) is 18.4 Å². The van der Waals surface area contributed by atoms with Gasteiger partial charge in [0.2, 0.25) is 5.88 Å². The molecule has 0 aliphatic rings. The number of hydrogen-bond donors (Lipinski definition) is 0. The zero-order valence-electron chi connectivity index (χ0n) is 9.59. The quantitative estimate of drug-likeness (QED) is 0.450. The van der Waals surface area contributed by atoms with Crippen molar-refractivity contribution in [3.63, 3.8) is 0 Å². The number of rotatable bonds is 5. The molecule has 1 heterocycles. The number of halogens is 1. The molecule has 4 heteroatoms. The van der Waals surface area contributed by atoms with Gasteiger partial charge in [-0.3, -0.25) is 0 Å². The van der Waals surface area contributed by atoms with E-state index in [-0.39, 0.29) is 0 Å². The Kier molecular flexibility index (Phi) is 5.07. The number of nitrogens with zero attached hydrogens (tertiary/aromatic N) is 2.